The standard InChI is InChI=1S/C26H25N5O/c32-26(28-17-20-10-12-22(13-11-20)30-15-4-5-16-30)24-19-31(23-8-2-1-3-9-23)29-25(24)21-7-6-14-27-18-21/h1-3,6-14,18-19H,4-5,15-17H2,(H,28,32). The zero-order valence-electron chi connectivity index (χ0n) is 17.8. The minimum Gasteiger partial charge on any atom is -0.372 e. The Labute approximate surface area is 187 Å². The van der Waals surface area contributed by atoms with E-state index in [0.29, 0.717) is 17.8 Å². The fourth-order valence-electron chi connectivity index (χ4n) is 4.05. The molecule has 0 unspecified atom stereocenters. The van der Waals surface area contributed by atoms with Crippen LogP contribution in [0.25, 0.3) is 16.9 Å². The fraction of sp³-hybridized carbons (Fsp3) is 0.192. The van der Waals surface area contributed by atoms with Gasteiger partial charge in [-0.15, -0.1) is 0 Å². The quantitative estimate of drug-likeness (QED) is 0.497. The first kappa shape index (κ1) is 20.0. The molecule has 3 heterocycles. The van der Waals surface area contributed by atoms with Crippen LogP contribution in [0.1, 0.15) is 28.8 Å². The summed E-state index contributed by atoms with van der Waals surface area (Å²) in [5, 5.41) is 7.75. The zero-order valence-corrected chi connectivity index (χ0v) is 17.8. The molecule has 2 aromatic carbocycles. The van der Waals surface area contributed by atoms with E-state index in [2.05, 4.69) is 39.5 Å². The molecule has 160 valence electrons. The molecule has 1 N–H and O–H groups in total. The Morgan fingerprint density at radius 1 is 0.906 bits per heavy atom. The minimum atomic E-state index is -0.158. The van der Waals surface area contributed by atoms with Gasteiger partial charge >= 0.3 is 0 Å². The number of benzene rings is 2. The van der Waals surface area contributed by atoms with Gasteiger partial charge in [-0.25, -0.2) is 4.68 Å². The van der Waals surface area contributed by atoms with Gasteiger partial charge in [0.05, 0.1) is 11.3 Å². The summed E-state index contributed by atoms with van der Waals surface area (Å²) in [5.41, 5.74) is 5.16. The van der Waals surface area contributed by atoms with Crippen molar-refractivity contribution in [3.8, 4) is 16.9 Å². The third kappa shape index (κ3) is 4.25. The lowest BCUT2D eigenvalue weighted by Crippen LogP contribution is -2.23. The van der Waals surface area contributed by atoms with Crippen molar-refractivity contribution in [2.75, 3.05) is 18.0 Å². The SMILES string of the molecule is O=C(NCc1ccc(N2CCCC2)cc1)c1cn(-c2ccccc2)nc1-c1cccnc1. The number of rotatable bonds is 6. The number of para-hydroxylation sites is 1. The molecule has 0 saturated carbocycles. The predicted octanol–water partition coefficient (Wildman–Crippen LogP) is 4.46. The highest BCUT2D eigenvalue weighted by molar-refractivity contribution is 5.99. The molecule has 0 bridgehead atoms. The first-order valence-electron chi connectivity index (χ1n) is 11.0. The van der Waals surface area contributed by atoms with Crippen molar-refractivity contribution in [1.82, 2.24) is 20.1 Å². The summed E-state index contributed by atoms with van der Waals surface area (Å²) >= 11 is 0. The summed E-state index contributed by atoms with van der Waals surface area (Å²) in [7, 11) is 0. The van der Waals surface area contributed by atoms with E-state index < -0.39 is 0 Å². The normalized spacial score (nSPS) is 13.3. The number of nitrogens with zero attached hydrogens (tertiary/aromatic N) is 4. The second kappa shape index (κ2) is 9.06. The van der Waals surface area contributed by atoms with Gasteiger partial charge in [-0.2, -0.15) is 5.10 Å². The number of pyridine rings is 1. The highest BCUT2D eigenvalue weighted by Crippen LogP contribution is 2.24. The fourth-order valence-corrected chi connectivity index (χ4v) is 4.05. The molecule has 0 aliphatic carbocycles. The minimum absolute atomic E-state index is 0.158. The van der Waals surface area contributed by atoms with Crippen LogP contribution in [0.3, 0.4) is 0 Å². The van der Waals surface area contributed by atoms with E-state index in [4.69, 9.17) is 5.10 Å². The third-order valence-corrected chi connectivity index (χ3v) is 5.78. The molecule has 6 nitrogen and oxygen atoms in total. The van der Waals surface area contributed by atoms with Crippen LogP contribution in [0.5, 0.6) is 0 Å². The zero-order chi connectivity index (χ0) is 21.8. The maximum absolute atomic E-state index is 13.1. The molecule has 32 heavy (non-hydrogen) atoms. The van der Waals surface area contributed by atoms with Crippen LogP contribution >= 0.6 is 0 Å². The molecule has 1 amide bonds. The van der Waals surface area contributed by atoms with Gasteiger partial charge in [0.25, 0.3) is 5.91 Å². The summed E-state index contributed by atoms with van der Waals surface area (Å²) in [5.74, 6) is -0.158. The van der Waals surface area contributed by atoms with Crippen molar-refractivity contribution in [2.45, 2.75) is 19.4 Å². The van der Waals surface area contributed by atoms with Gasteiger partial charge in [0.15, 0.2) is 0 Å². The van der Waals surface area contributed by atoms with E-state index >= 15 is 0 Å². The summed E-state index contributed by atoms with van der Waals surface area (Å²) < 4.78 is 1.74. The second-order valence-electron chi connectivity index (χ2n) is 7.96. The molecule has 2 aromatic heterocycles. The van der Waals surface area contributed by atoms with Crippen molar-refractivity contribution in [1.29, 1.82) is 0 Å². The first-order valence-corrected chi connectivity index (χ1v) is 11.0. The van der Waals surface area contributed by atoms with Gasteiger partial charge in [-0.1, -0.05) is 30.3 Å². The van der Waals surface area contributed by atoms with Crippen molar-refractivity contribution < 1.29 is 4.79 Å². The number of carbonyl (C=O) groups is 1. The van der Waals surface area contributed by atoms with E-state index in [1.54, 1.807) is 23.3 Å². The van der Waals surface area contributed by atoms with E-state index in [1.165, 1.54) is 18.5 Å². The first-order chi connectivity index (χ1) is 15.8. The van der Waals surface area contributed by atoms with Gasteiger partial charge in [0.1, 0.15) is 5.69 Å². The van der Waals surface area contributed by atoms with Crippen LogP contribution in [0.2, 0.25) is 0 Å². The number of carbonyl (C=O) groups excluding carboxylic acids is 1. The topological polar surface area (TPSA) is 63.1 Å². The van der Waals surface area contributed by atoms with E-state index in [-0.39, 0.29) is 5.91 Å². The average molecular weight is 424 g/mol. The molecule has 1 fully saturated rings. The van der Waals surface area contributed by atoms with Crippen LogP contribution in [-0.2, 0) is 6.54 Å². The number of amides is 1. The smallest absolute Gasteiger partial charge is 0.255 e. The maximum atomic E-state index is 13.1. The van der Waals surface area contributed by atoms with Crippen molar-refractivity contribution in [3.05, 3.63) is 96.4 Å². The van der Waals surface area contributed by atoms with Gasteiger partial charge < -0.3 is 10.2 Å². The summed E-state index contributed by atoms with van der Waals surface area (Å²) in [6, 6.07) is 22.0. The Bertz CT molecular complexity index is 1180. The summed E-state index contributed by atoms with van der Waals surface area (Å²) in [6.07, 6.45) is 7.74. The Morgan fingerprint density at radius 2 is 1.69 bits per heavy atom. The maximum Gasteiger partial charge on any atom is 0.255 e. The molecular formula is C26H25N5O. The molecular weight excluding hydrogens is 398 g/mol. The molecule has 4 aromatic rings. The Morgan fingerprint density at radius 3 is 2.41 bits per heavy atom. The van der Waals surface area contributed by atoms with Gasteiger partial charge in [-0.05, 0) is 54.8 Å². The third-order valence-electron chi connectivity index (χ3n) is 5.78. The molecule has 0 radical (unpaired) electrons. The summed E-state index contributed by atoms with van der Waals surface area (Å²) in [4.78, 5) is 19.7. The number of aromatic nitrogens is 3. The molecule has 0 atom stereocenters. The molecule has 1 aliphatic heterocycles. The largest absolute Gasteiger partial charge is 0.372 e. The van der Waals surface area contributed by atoms with Crippen molar-refractivity contribution in [2.24, 2.45) is 0 Å². The highest BCUT2D eigenvalue weighted by atomic mass is 16.1. The lowest BCUT2D eigenvalue weighted by atomic mass is 10.1. The van der Waals surface area contributed by atoms with Crippen LogP contribution < -0.4 is 10.2 Å². The van der Waals surface area contributed by atoms with Gasteiger partial charge in [-0.3, -0.25) is 9.78 Å². The van der Waals surface area contributed by atoms with E-state index in [1.807, 2.05) is 42.5 Å². The molecule has 1 aliphatic rings. The number of anilines is 1. The lowest BCUT2D eigenvalue weighted by molar-refractivity contribution is 0.0951. The molecule has 5 rings (SSSR count). The molecule has 1 saturated heterocycles. The average Bonchev–Trinajstić information content (AvgIpc) is 3.55. The monoisotopic (exact) mass is 423 g/mol. The number of hydrogen-bond acceptors (Lipinski definition) is 4. The lowest BCUT2D eigenvalue weighted by Gasteiger charge is -2.17. The Kier molecular flexibility index (Phi) is 5.66. The van der Waals surface area contributed by atoms with E-state index in [9.17, 15) is 4.79 Å². The van der Waals surface area contributed by atoms with Crippen molar-refractivity contribution in [3.63, 3.8) is 0 Å². The van der Waals surface area contributed by atoms with Crippen molar-refractivity contribution >= 4 is 11.6 Å². The van der Waals surface area contributed by atoms with E-state index in [0.717, 1.165) is 29.9 Å². The van der Waals surface area contributed by atoms with Crippen LogP contribution in [0.4, 0.5) is 5.69 Å². The summed E-state index contributed by atoms with van der Waals surface area (Å²) in [6.45, 7) is 2.71. The molecule has 0 spiro atoms. The van der Waals surface area contributed by atoms with Crippen LogP contribution in [0, 0.1) is 0 Å². The Balaban J connectivity index is 1.36. The van der Waals surface area contributed by atoms with Crippen LogP contribution in [-0.4, -0.2) is 33.8 Å². The van der Waals surface area contributed by atoms with Crippen LogP contribution in [0.15, 0.2) is 85.3 Å². The predicted molar refractivity (Wildman–Crippen MR) is 126 cm³/mol. The highest BCUT2D eigenvalue weighted by Gasteiger charge is 2.19. The number of hydrogen-bond donors (Lipinski definition) is 1. The van der Waals surface area contributed by atoms with Gasteiger partial charge in [0, 0.05) is 49.5 Å². The number of nitrogens with one attached hydrogen (secondary N) is 1. The Hall–Kier alpha value is -3.93. The molecule has 6 heteroatoms. The second-order valence-corrected chi connectivity index (χ2v) is 7.96. The van der Waals surface area contributed by atoms with Gasteiger partial charge in [0.2, 0.25) is 0 Å².